The Labute approximate surface area is 126 Å². The molecule has 1 aromatic carbocycles. The summed E-state index contributed by atoms with van der Waals surface area (Å²) in [6.45, 7) is 0.623. The first kappa shape index (κ1) is 13.6. The van der Waals surface area contributed by atoms with Crippen LogP contribution in [-0.4, -0.2) is 10.1 Å². The number of phenols is 1. The van der Waals surface area contributed by atoms with Crippen LogP contribution in [0.25, 0.3) is 0 Å². The summed E-state index contributed by atoms with van der Waals surface area (Å²) in [6.07, 6.45) is 1.65. The van der Waals surface area contributed by atoms with Crippen molar-refractivity contribution in [3.8, 4) is 5.75 Å². The Morgan fingerprint density at radius 1 is 1.22 bits per heavy atom. The first-order valence-corrected chi connectivity index (χ1v) is 7.05. The second-order valence-electron chi connectivity index (χ2n) is 3.63. The van der Waals surface area contributed by atoms with E-state index in [0.29, 0.717) is 20.6 Å². The number of anilines is 1. The molecule has 0 radical (unpaired) electrons. The molecular weight excluding hydrogens is 383 g/mol. The van der Waals surface area contributed by atoms with E-state index in [1.54, 1.807) is 12.3 Å². The second kappa shape index (κ2) is 5.91. The number of phenolic OH excluding ortho intramolecular Hbond substituents is 1. The summed E-state index contributed by atoms with van der Waals surface area (Å²) in [5, 5.41) is 13.3. The minimum absolute atomic E-state index is 0.200. The number of hydrogen-bond donors (Lipinski definition) is 2. The van der Waals surface area contributed by atoms with Crippen LogP contribution in [0.2, 0.25) is 5.15 Å². The molecule has 0 fully saturated rings. The fourth-order valence-electron chi connectivity index (χ4n) is 1.44. The average Bonchev–Trinajstić information content (AvgIpc) is 2.33. The summed E-state index contributed by atoms with van der Waals surface area (Å²) >= 11 is 12.4. The molecular formula is C12H9Br2ClN2O. The van der Waals surface area contributed by atoms with Crippen LogP contribution in [0.1, 0.15) is 5.56 Å². The van der Waals surface area contributed by atoms with Crippen LogP contribution in [0.15, 0.2) is 39.4 Å². The molecule has 1 heterocycles. The van der Waals surface area contributed by atoms with Gasteiger partial charge in [-0.25, -0.2) is 4.98 Å². The van der Waals surface area contributed by atoms with E-state index in [-0.39, 0.29) is 5.75 Å². The van der Waals surface area contributed by atoms with Crippen LogP contribution in [-0.2, 0) is 6.54 Å². The summed E-state index contributed by atoms with van der Waals surface area (Å²) in [4.78, 5) is 3.91. The fourth-order valence-corrected chi connectivity index (χ4v) is 2.89. The molecule has 3 nitrogen and oxygen atoms in total. The van der Waals surface area contributed by atoms with Gasteiger partial charge in [0.05, 0.1) is 8.95 Å². The minimum Gasteiger partial charge on any atom is -0.506 e. The quantitative estimate of drug-likeness (QED) is 0.752. The predicted octanol–water partition coefficient (Wildman–Crippen LogP) is 4.58. The van der Waals surface area contributed by atoms with Crippen molar-refractivity contribution < 1.29 is 5.11 Å². The van der Waals surface area contributed by atoms with Gasteiger partial charge >= 0.3 is 0 Å². The Kier molecular flexibility index (Phi) is 4.48. The van der Waals surface area contributed by atoms with Gasteiger partial charge in [-0.1, -0.05) is 11.6 Å². The van der Waals surface area contributed by atoms with Crippen LogP contribution >= 0.6 is 43.5 Å². The number of rotatable bonds is 3. The number of aromatic hydroxyl groups is 1. The second-order valence-corrected chi connectivity index (χ2v) is 5.72. The molecule has 6 heteroatoms. The van der Waals surface area contributed by atoms with E-state index in [4.69, 9.17) is 11.6 Å². The van der Waals surface area contributed by atoms with Gasteiger partial charge in [-0.2, -0.15) is 0 Å². The molecule has 2 aromatic rings. The normalized spacial score (nSPS) is 10.4. The molecule has 0 aliphatic rings. The molecule has 0 saturated carbocycles. The number of nitrogens with zero attached hydrogens (tertiary/aromatic N) is 1. The Morgan fingerprint density at radius 3 is 2.50 bits per heavy atom. The monoisotopic (exact) mass is 390 g/mol. The minimum atomic E-state index is 0.200. The van der Waals surface area contributed by atoms with Crippen molar-refractivity contribution in [1.82, 2.24) is 4.98 Å². The largest absolute Gasteiger partial charge is 0.506 e. The van der Waals surface area contributed by atoms with Crippen LogP contribution in [0, 0.1) is 0 Å². The molecule has 0 saturated heterocycles. The molecule has 0 atom stereocenters. The van der Waals surface area contributed by atoms with Crippen molar-refractivity contribution in [2.45, 2.75) is 6.54 Å². The van der Waals surface area contributed by atoms with E-state index >= 15 is 0 Å². The standard InChI is InChI=1S/C12H9Br2ClN2O/c13-9-3-7(4-10(14)12(9)18)6-17-8-1-2-16-11(15)5-8/h1-5,18H,6H2,(H,16,17). The Bertz CT molecular complexity index is 555. The molecule has 0 aliphatic heterocycles. The van der Waals surface area contributed by atoms with Gasteiger partial charge in [0.15, 0.2) is 0 Å². The molecule has 0 amide bonds. The lowest BCUT2D eigenvalue weighted by Gasteiger charge is -2.09. The molecule has 94 valence electrons. The summed E-state index contributed by atoms with van der Waals surface area (Å²) < 4.78 is 1.31. The van der Waals surface area contributed by atoms with Gasteiger partial charge in [0.25, 0.3) is 0 Å². The highest BCUT2D eigenvalue weighted by Gasteiger charge is 2.05. The zero-order chi connectivity index (χ0) is 13.1. The first-order chi connectivity index (χ1) is 8.56. The summed E-state index contributed by atoms with van der Waals surface area (Å²) in [7, 11) is 0. The van der Waals surface area contributed by atoms with Crippen LogP contribution in [0.3, 0.4) is 0 Å². The molecule has 0 spiro atoms. The van der Waals surface area contributed by atoms with E-state index < -0.39 is 0 Å². The van der Waals surface area contributed by atoms with Gasteiger partial charge in [0, 0.05) is 18.4 Å². The van der Waals surface area contributed by atoms with E-state index in [1.807, 2.05) is 18.2 Å². The lowest BCUT2D eigenvalue weighted by molar-refractivity contribution is 0.468. The topological polar surface area (TPSA) is 45.1 Å². The number of halogens is 3. The van der Waals surface area contributed by atoms with Gasteiger partial charge in [0.1, 0.15) is 10.9 Å². The SMILES string of the molecule is Oc1c(Br)cc(CNc2ccnc(Cl)c2)cc1Br. The summed E-state index contributed by atoms with van der Waals surface area (Å²) in [6, 6.07) is 7.31. The zero-order valence-corrected chi connectivity index (χ0v) is 13.1. The predicted molar refractivity (Wildman–Crippen MR) is 80.1 cm³/mol. The number of pyridine rings is 1. The molecule has 18 heavy (non-hydrogen) atoms. The number of hydrogen-bond acceptors (Lipinski definition) is 3. The van der Waals surface area contributed by atoms with Crippen LogP contribution in [0.4, 0.5) is 5.69 Å². The average molecular weight is 392 g/mol. The third kappa shape index (κ3) is 3.37. The van der Waals surface area contributed by atoms with Crippen molar-refractivity contribution in [3.05, 3.63) is 50.1 Å². The third-order valence-corrected chi connectivity index (χ3v) is 3.72. The first-order valence-electron chi connectivity index (χ1n) is 5.08. The number of benzene rings is 1. The maximum absolute atomic E-state index is 9.61. The van der Waals surface area contributed by atoms with Crippen LogP contribution in [0.5, 0.6) is 5.75 Å². The van der Waals surface area contributed by atoms with Crippen LogP contribution < -0.4 is 5.32 Å². The van der Waals surface area contributed by atoms with Crippen molar-refractivity contribution in [1.29, 1.82) is 0 Å². The van der Waals surface area contributed by atoms with E-state index in [1.165, 1.54) is 0 Å². The van der Waals surface area contributed by atoms with E-state index in [0.717, 1.165) is 11.3 Å². The highest BCUT2D eigenvalue weighted by atomic mass is 79.9. The molecule has 0 aliphatic carbocycles. The molecule has 1 aromatic heterocycles. The maximum atomic E-state index is 9.61. The smallest absolute Gasteiger partial charge is 0.143 e. The van der Waals surface area contributed by atoms with Gasteiger partial charge in [-0.15, -0.1) is 0 Å². The van der Waals surface area contributed by atoms with Gasteiger partial charge < -0.3 is 10.4 Å². The van der Waals surface area contributed by atoms with Crippen molar-refractivity contribution in [2.24, 2.45) is 0 Å². The maximum Gasteiger partial charge on any atom is 0.143 e. The molecule has 2 N–H and O–H groups in total. The Morgan fingerprint density at radius 2 is 1.89 bits per heavy atom. The van der Waals surface area contributed by atoms with Crippen molar-refractivity contribution in [2.75, 3.05) is 5.32 Å². The van der Waals surface area contributed by atoms with E-state index in [2.05, 4.69) is 42.2 Å². The zero-order valence-electron chi connectivity index (χ0n) is 9.12. The highest BCUT2D eigenvalue weighted by Crippen LogP contribution is 2.33. The van der Waals surface area contributed by atoms with Gasteiger partial charge in [-0.3, -0.25) is 0 Å². The summed E-state index contributed by atoms with van der Waals surface area (Å²) in [5.41, 5.74) is 1.93. The van der Waals surface area contributed by atoms with Crippen molar-refractivity contribution in [3.63, 3.8) is 0 Å². The van der Waals surface area contributed by atoms with Gasteiger partial charge in [-0.05, 0) is 61.7 Å². The molecule has 2 rings (SSSR count). The Hall–Kier alpha value is -0.780. The fraction of sp³-hybridized carbons (Fsp3) is 0.0833. The Balaban J connectivity index is 2.11. The number of nitrogens with one attached hydrogen (secondary N) is 1. The van der Waals surface area contributed by atoms with Gasteiger partial charge in [0.2, 0.25) is 0 Å². The van der Waals surface area contributed by atoms with Crippen molar-refractivity contribution >= 4 is 49.1 Å². The number of aromatic nitrogens is 1. The lowest BCUT2D eigenvalue weighted by atomic mass is 10.2. The lowest BCUT2D eigenvalue weighted by Crippen LogP contribution is -1.99. The van der Waals surface area contributed by atoms with E-state index in [9.17, 15) is 5.11 Å². The third-order valence-electron chi connectivity index (χ3n) is 2.30. The molecule has 0 unspecified atom stereocenters. The molecule has 0 bridgehead atoms. The highest BCUT2D eigenvalue weighted by molar-refractivity contribution is 9.11. The summed E-state index contributed by atoms with van der Waals surface area (Å²) in [5.74, 6) is 0.200.